The number of rotatable bonds is 6. The molecular formula is C21H25NO3. The SMILES string of the molecule is CCC/C=C/c1c(OCC(=O)N2CCOCC2)ccc2ccccc12. The number of carbonyl (C=O) groups excluding carboxylic acids is 1. The number of hydrogen-bond donors (Lipinski definition) is 0. The van der Waals surface area contributed by atoms with E-state index in [9.17, 15) is 4.79 Å². The lowest BCUT2D eigenvalue weighted by Crippen LogP contribution is -2.43. The van der Waals surface area contributed by atoms with Gasteiger partial charge >= 0.3 is 0 Å². The van der Waals surface area contributed by atoms with Gasteiger partial charge in [0.15, 0.2) is 6.61 Å². The molecule has 1 amide bonds. The van der Waals surface area contributed by atoms with Gasteiger partial charge in [-0.05, 0) is 23.3 Å². The van der Waals surface area contributed by atoms with Gasteiger partial charge in [-0.3, -0.25) is 4.79 Å². The first-order valence-corrected chi connectivity index (χ1v) is 8.96. The van der Waals surface area contributed by atoms with Crippen LogP contribution in [-0.2, 0) is 9.53 Å². The largest absolute Gasteiger partial charge is 0.483 e. The van der Waals surface area contributed by atoms with Crippen molar-refractivity contribution >= 4 is 22.8 Å². The van der Waals surface area contributed by atoms with Crippen LogP contribution >= 0.6 is 0 Å². The second-order valence-electron chi connectivity index (χ2n) is 6.17. The average molecular weight is 339 g/mol. The van der Waals surface area contributed by atoms with E-state index < -0.39 is 0 Å². The van der Waals surface area contributed by atoms with Crippen molar-refractivity contribution in [3.8, 4) is 5.75 Å². The minimum absolute atomic E-state index is 0.0138. The first kappa shape index (κ1) is 17.5. The van der Waals surface area contributed by atoms with Gasteiger partial charge in [0.25, 0.3) is 5.91 Å². The lowest BCUT2D eigenvalue weighted by atomic mass is 10.0. The quantitative estimate of drug-likeness (QED) is 0.801. The fourth-order valence-electron chi connectivity index (χ4n) is 2.98. The number of amides is 1. The smallest absolute Gasteiger partial charge is 0.260 e. The molecule has 0 aliphatic carbocycles. The normalized spacial score (nSPS) is 15.0. The van der Waals surface area contributed by atoms with E-state index in [1.807, 2.05) is 24.3 Å². The van der Waals surface area contributed by atoms with Crippen LogP contribution in [0.3, 0.4) is 0 Å². The highest BCUT2D eigenvalue weighted by Crippen LogP contribution is 2.29. The Kier molecular flexibility index (Phi) is 6.07. The number of unbranched alkanes of at least 4 members (excludes halogenated alkanes) is 1. The highest BCUT2D eigenvalue weighted by atomic mass is 16.5. The van der Waals surface area contributed by atoms with E-state index in [0.29, 0.717) is 26.3 Å². The summed E-state index contributed by atoms with van der Waals surface area (Å²) in [6.45, 7) is 4.71. The van der Waals surface area contributed by atoms with E-state index in [0.717, 1.165) is 29.5 Å². The number of ether oxygens (including phenoxy) is 2. The predicted molar refractivity (Wildman–Crippen MR) is 101 cm³/mol. The summed E-state index contributed by atoms with van der Waals surface area (Å²) in [6.07, 6.45) is 6.40. The molecule has 25 heavy (non-hydrogen) atoms. The maximum Gasteiger partial charge on any atom is 0.260 e. The Bertz CT molecular complexity index is 748. The fraction of sp³-hybridized carbons (Fsp3) is 0.381. The van der Waals surface area contributed by atoms with Crippen LogP contribution in [0.2, 0.25) is 0 Å². The zero-order valence-corrected chi connectivity index (χ0v) is 14.7. The van der Waals surface area contributed by atoms with Crippen molar-refractivity contribution < 1.29 is 14.3 Å². The number of nitrogens with zero attached hydrogens (tertiary/aromatic N) is 1. The van der Waals surface area contributed by atoms with Crippen molar-refractivity contribution in [1.82, 2.24) is 4.90 Å². The van der Waals surface area contributed by atoms with Crippen molar-refractivity contribution in [3.05, 3.63) is 48.0 Å². The first-order chi connectivity index (χ1) is 12.3. The molecule has 0 unspecified atom stereocenters. The van der Waals surface area contributed by atoms with Gasteiger partial charge in [0.2, 0.25) is 0 Å². The van der Waals surface area contributed by atoms with Gasteiger partial charge in [0.05, 0.1) is 13.2 Å². The summed E-state index contributed by atoms with van der Waals surface area (Å²) in [4.78, 5) is 14.1. The molecule has 2 aromatic rings. The first-order valence-electron chi connectivity index (χ1n) is 8.96. The van der Waals surface area contributed by atoms with Crippen molar-refractivity contribution in [1.29, 1.82) is 0 Å². The number of morpholine rings is 1. The Labute approximate surface area is 149 Å². The Morgan fingerprint density at radius 2 is 2.00 bits per heavy atom. The van der Waals surface area contributed by atoms with Crippen LogP contribution in [0.5, 0.6) is 5.75 Å². The molecule has 1 heterocycles. The molecule has 0 N–H and O–H groups in total. The van der Waals surface area contributed by atoms with Gasteiger partial charge in [-0.15, -0.1) is 0 Å². The van der Waals surface area contributed by atoms with Crippen LogP contribution in [0.25, 0.3) is 16.8 Å². The molecule has 1 saturated heterocycles. The number of hydrogen-bond acceptors (Lipinski definition) is 3. The molecule has 2 aromatic carbocycles. The number of carbonyl (C=O) groups is 1. The highest BCUT2D eigenvalue weighted by Gasteiger charge is 2.17. The highest BCUT2D eigenvalue weighted by molar-refractivity contribution is 5.93. The monoisotopic (exact) mass is 339 g/mol. The molecule has 3 rings (SSSR count). The third kappa shape index (κ3) is 4.40. The number of fused-ring (bicyclic) bond motifs is 1. The van der Waals surface area contributed by atoms with Gasteiger partial charge in [-0.25, -0.2) is 0 Å². The fourth-order valence-corrected chi connectivity index (χ4v) is 2.98. The van der Waals surface area contributed by atoms with Crippen LogP contribution < -0.4 is 4.74 Å². The summed E-state index contributed by atoms with van der Waals surface area (Å²) in [5, 5.41) is 2.32. The summed E-state index contributed by atoms with van der Waals surface area (Å²) in [5.41, 5.74) is 1.04. The summed E-state index contributed by atoms with van der Waals surface area (Å²) in [7, 11) is 0. The van der Waals surface area contributed by atoms with Crippen LogP contribution in [0.4, 0.5) is 0 Å². The van der Waals surface area contributed by atoms with Gasteiger partial charge < -0.3 is 14.4 Å². The topological polar surface area (TPSA) is 38.8 Å². The van der Waals surface area contributed by atoms with Gasteiger partial charge in [0, 0.05) is 18.7 Å². The standard InChI is InChI=1S/C21H25NO3/c1-2-3-4-9-19-18-8-6-5-7-17(18)10-11-20(19)25-16-21(23)22-12-14-24-15-13-22/h4-11H,2-3,12-16H2,1H3/b9-4+. The summed E-state index contributed by atoms with van der Waals surface area (Å²) < 4.78 is 11.2. The molecular weight excluding hydrogens is 314 g/mol. The van der Waals surface area contributed by atoms with Crippen LogP contribution in [0.1, 0.15) is 25.3 Å². The van der Waals surface area contributed by atoms with Crippen LogP contribution in [0.15, 0.2) is 42.5 Å². The molecule has 4 heteroatoms. The average Bonchev–Trinajstić information content (AvgIpc) is 2.67. The zero-order valence-electron chi connectivity index (χ0n) is 14.7. The van der Waals surface area contributed by atoms with Crippen molar-refractivity contribution in [3.63, 3.8) is 0 Å². The Morgan fingerprint density at radius 3 is 2.80 bits per heavy atom. The summed E-state index contributed by atoms with van der Waals surface area (Å²) in [6, 6.07) is 12.3. The van der Waals surface area contributed by atoms with Crippen LogP contribution in [0, 0.1) is 0 Å². The molecule has 0 radical (unpaired) electrons. The predicted octanol–water partition coefficient (Wildman–Crippen LogP) is 3.89. The van der Waals surface area contributed by atoms with E-state index in [4.69, 9.17) is 9.47 Å². The lowest BCUT2D eigenvalue weighted by molar-refractivity contribution is -0.137. The van der Waals surface area contributed by atoms with Gasteiger partial charge in [-0.2, -0.15) is 0 Å². The van der Waals surface area contributed by atoms with E-state index in [1.54, 1.807) is 4.90 Å². The van der Waals surface area contributed by atoms with Crippen molar-refractivity contribution in [2.45, 2.75) is 19.8 Å². The molecule has 132 valence electrons. The molecule has 0 aromatic heterocycles. The molecule has 0 atom stereocenters. The Hall–Kier alpha value is -2.33. The third-order valence-electron chi connectivity index (χ3n) is 4.39. The minimum Gasteiger partial charge on any atom is -0.483 e. The summed E-state index contributed by atoms with van der Waals surface area (Å²) in [5.74, 6) is 0.771. The van der Waals surface area contributed by atoms with Gasteiger partial charge in [0.1, 0.15) is 5.75 Å². The maximum absolute atomic E-state index is 12.3. The Morgan fingerprint density at radius 1 is 1.20 bits per heavy atom. The molecule has 0 spiro atoms. The lowest BCUT2D eigenvalue weighted by Gasteiger charge is -2.26. The number of allylic oxidation sites excluding steroid dienone is 1. The molecule has 4 nitrogen and oxygen atoms in total. The molecule has 0 saturated carbocycles. The van der Waals surface area contributed by atoms with E-state index >= 15 is 0 Å². The van der Waals surface area contributed by atoms with E-state index in [-0.39, 0.29) is 12.5 Å². The molecule has 1 aliphatic heterocycles. The maximum atomic E-state index is 12.3. The van der Waals surface area contributed by atoms with E-state index in [2.05, 4.69) is 31.2 Å². The molecule has 1 fully saturated rings. The molecule has 0 bridgehead atoms. The van der Waals surface area contributed by atoms with Crippen molar-refractivity contribution in [2.24, 2.45) is 0 Å². The van der Waals surface area contributed by atoms with Gasteiger partial charge in [-0.1, -0.05) is 55.8 Å². The second kappa shape index (κ2) is 8.67. The number of benzene rings is 2. The summed E-state index contributed by atoms with van der Waals surface area (Å²) >= 11 is 0. The zero-order chi connectivity index (χ0) is 17.5. The van der Waals surface area contributed by atoms with Crippen LogP contribution in [-0.4, -0.2) is 43.7 Å². The second-order valence-corrected chi connectivity index (χ2v) is 6.17. The van der Waals surface area contributed by atoms with Crippen molar-refractivity contribution in [2.75, 3.05) is 32.9 Å². The molecule has 1 aliphatic rings. The minimum atomic E-state index is 0.0138. The van der Waals surface area contributed by atoms with E-state index in [1.165, 1.54) is 5.39 Å². The Balaban J connectivity index is 1.79. The third-order valence-corrected chi connectivity index (χ3v) is 4.39.